The number of H-pyrrole nitrogens is 1. The van der Waals surface area contributed by atoms with Crippen LogP contribution in [0.25, 0.3) is 28.0 Å². The molecule has 5 rings (SSSR count). The van der Waals surface area contributed by atoms with E-state index in [1.807, 2.05) is 0 Å². The molecule has 0 aliphatic carbocycles. The van der Waals surface area contributed by atoms with E-state index in [9.17, 15) is 18.7 Å². The predicted molar refractivity (Wildman–Crippen MR) is 123 cm³/mol. The van der Waals surface area contributed by atoms with Gasteiger partial charge in [0.1, 0.15) is 17.3 Å². The third-order valence-corrected chi connectivity index (χ3v) is 5.50. The number of benzene rings is 1. The molecule has 0 aliphatic rings. The summed E-state index contributed by atoms with van der Waals surface area (Å²) in [6.07, 6.45) is 1.06. The van der Waals surface area contributed by atoms with Gasteiger partial charge in [-0.1, -0.05) is 0 Å². The Hall–Kier alpha value is -4.51. The van der Waals surface area contributed by atoms with E-state index in [-0.39, 0.29) is 24.7 Å². The zero-order chi connectivity index (χ0) is 24.7. The monoisotopic (exact) mass is 476 g/mol. The molecule has 5 aromatic rings. The van der Waals surface area contributed by atoms with Crippen LogP contribution in [0.2, 0.25) is 0 Å². The molecular formula is C24H20F2N7O2+. The van der Waals surface area contributed by atoms with E-state index in [0.29, 0.717) is 39.5 Å². The Balaban J connectivity index is 1.81. The number of hydrogen-bond acceptors (Lipinski definition) is 6. The number of anilines is 1. The van der Waals surface area contributed by atoms with Crippen molar-refractivity contribution in [1.82, 2.24) is 24.1 Å². The van der Waals surface area contributed by atoms with E-state index >= 15 is 0 Å². The molecule has 0 unspecified atom stereocenters. The fourth-order valence-electron chi connectivity index (χ4n) is 3.97. The van der Waals surface area contributed by atoms with Gasteiger partial charge in [-0.15, -0.1) is 9.50 Å². The lowest BCUT2D eigenvalue weighted by molar-refractivity contribution is -0.351. The first-order valence-electron chi connectivity index (χ1n) is 10.6. The van der Waals surface area contributed by atoms with Crippen LogP contribution < -0.4 is 16.4 Å². The van der Waals surface area contributed by atoms with E-state index in [0.717, 1.165) is 6.20 Å². The molecule has 0 bridgehead atoms. The molecule has 11 heteroatoms. The number of aromatic nitrogens is 6. The molecular weight excluding hydrogens is 456 g/mol. The number of fused-ring (bicyclic) bond motifs is 1. The normalized spacial score (nSPS) is 11.3. The average molecular weight is 476 g/mol. The average Bonchev–Trinajstić information content (AvgIpc) is 3.16. The van der Waals surface area contributed by atoms with Gasteiger partial charge in [-0.05, 0) is 61.0 Å². The highest BCUT2D eigenvalue weighted by Gasteiger charge is 2.26. The molecule has 0 saturated heterocycles. The topological polar surface area (TPSA) is 125 Å². The predicted octanol–water partition coefficient (Wildman–Crippen LogP) is 2.14. The summed E-state index contributed by atoms with van der Waals surface area (Å²) in [4.78, 5) is 24.6. The summed E-state index contributed by atoms with van der Waals surface area (Å²) >= 11 is 0. The van der Waals surface area contributed by atoms with Gasteiger partial charge >= 0.3 is 11.6 Å². The van der Waals surface area contributed by atoms with E-state index in [4.69, 9.17) is 5.73 Å². The minimum atomic E-state index is -0.528. The number of rotatable bonds is 5. The Kier molecular flexibility index (Phi) is 5.53. The van der Waals surface area contributed by atoms with Crippen LogP contribution in [0.1, 0.15) is 17.1 Å². The largest absolute Gasteiger partial charge is 0.411 e. The van der Waals surface area contributed by atoms with Crippen LogP contribution in [0.4, 0.5) is 14.7 Å². The van der Waals surface area contributed by atoms with Gasteiger partial charge in [-0.2, -0.15) is 4.68 Å². The summed E-state index contributed by atoms with van der Waals surface area (Å²) in [7, 11) is 0. The molecule has 1 aromatic carbocycles. The number of nitrogens with one attached hydrogen (secondary N) is 1. The summed E-state index contributed by atoms with van der Waals surface area (Å²) in [6, 6.07) is 12.0. The van der Waals surface area contributed by atoms with Crippen LogP contribution in [-0.2, 0) is 13.2 Å². The number of pyridine rings is 2. The molecule has 0 saturated carbocycles. The molecule has 0 amide bonds. The van der Waals surface area contributed by atoms with Crippen molar-refractivity contribution in [1.29, 1.82) is 0 Å². The Bertz CT molecular complexity index is 1610. The maximum absolute atomic E-state index is 13.6. The Morgan fingerprint density at radius 1 is 1.03 bits per heavy atom. The highest BCUT2D eigenvalue weighted by atomic mass is 19.1. The lowest BCUT2D eigenvalue weighted by Crippen LogP contribution is -2.28. The molecule has 9 nitrogen and oxygen atoms in total. The molecule has 0 spiro atoms. The number of nitrogen functional groups attached to an aromatic ring is 1. The first-order chi connectivity index (χ1) is 16.8. The second kappa shape index (κ2) is 8.69. The molecule has 4 aromatic heterocycles. The fourth-order valence-corrected chi connectivity index (χ4v) is 3.97. The van der Waals surface area contributed by atoms with Crippen LogP contribution in [-0.4, -0.2) is 29.3 Å². The quantitative estimate of drug-likeness (QED) is 0.400. The standard InChI is InChI=1S/C24H19F2N7O2/c1-13-8-15(9-19(12-34)29-13)20-21(14-2-4-16(25)5-3-14)30-23(27)33-22(20)31-32(24(33)35)11-18-7-6-17(26)10-28-18/h2-10,34H,11-12H2,1H3,(H2,27,30)/p+1. The lowest BCUT2D eigenvalue weighted by atomic mass is 9.99. The number of nitrogens with zero attached hydrogens (tertiary/aromatic N) is 5. The third-order valence-electron chi connectivity index (χ3n) is 5.50. The number of aryl methyl sites for hydroxylation is 1. The Morgan fingerprint density at radius 2 is 1.77 bits per heavy atom. The first-order valence-corrected chi connectivity index (χ1v) is 10.6. The van der Waals surface area contributed by atoms with Crippen molar-refractivity contribution < 1.29 is 18.9 Å². The van der Waals surface area contributed by atoms with E-state index in [1.165, 1.54) is 33.3 Å². The van der Waals surface area contributed by atoms with Crippen molar-refractivity contribution in [2.24, 2.45) is 0 Å². The summed E-state index contributed by atoms with van der Waals surface area (Å²) in [5.74, 6) is -0.882. The van der Waals surface area contributed by atoms with Gasteiger partial charge in [-0.25, -0.2) is 18.6 Å². The van der Waals surface area contributed by atoms with Crippen LogP contribution in [0.5, 0.6) is 0 Å². The van der Waals surface area contributed by atoms with E-state index in [1.54, 1.807) is 31.2 Å². The van der Waals surface area contributed by atoms with Crippen molar-refractivity contribution in [3.63, 3.8) is 0 Å². The van der Waals surface area contributed by atoms with Crippen molar-refractivity contribution in [2.75, 3.05) is 5.73 Å². The number of aromatic amines is 1. The van der Waals surface area contributed by atoms with Crippen LogP contribution in [0.15, 0.2) is 59.5 Å². The number of halogens is 2. The molecule has 0 radical (unpaired) electrons. The van der Waals surface area contributed by atoms with Gasteiger partial charge in [-0.3, -0.25) is 15.7 Å². The van der Waals surface area contributed by atoms with Gasteiger partial charge in [0.15, 0.2) is 0 Å². The van der Waals surface area contributed by atoms with Crippen molar-refractivity contribution in [3.05, 3.63) is 93.9 Å². The third kappa shape index (κ3) is 4.13. The van der Waals surface area contributed by atoms with Gasteiger partial charge in [0.2, 0.25) is 5.65 Å². The van der Waals surface area contributed by atoms with Crippen molar-refractivity contribution in [3.8, 4) is 22.4 Å². The lowest BCUT2D eigenvalue weighted by Gasteiger charge is -2.11. The van der Waals surface area contributed by atoms with Gasteiger partial charge in [0.05, 0.1) is 36.3 Å². The number of hydrogen-bond donors (Lipinski definition) is 2. The van der Waals surface area contributed by atoms with Crippen LogP contribution >= 0.6 is 0 Å². The Morgan fingerprint density at radius 3 is 2.46 bits per heavy atom. The zero-order valence-corrected chi connectivity index (χ0v) is 18.5. The van der Waals surface area contributed by atoms with Crippen molar-refractivity contribution in [2.45, 2.75) is 20.1 Å². The van der Waals surface area contributed by atoms with Crippen molar-refractivity contribution >= 4 is 11.6 Å². The van der Waals surface area contributed by atoms with Gasteiger partial charge < -0.3 is 5.11 Å². The minimum absolute atomic E-state index is 0.0111. The van der Waals surface area contributed by atoms with Gasteiger partial charge in [0.25, 0.3) is 0 Å². The SMILES string of the molecule is Cc1cc(-c2c(-c3ccc(F)cc3)[nH+]c(N)n3c(=O)n(Cc4ccc(F)cn4)nc23)cc(CO)n1. The molecule has 0 atom stereocenters. The first kappa shape index (κ1) is 22.3. The highest BCUT2D eigenvalue weighted by Crippen LogP contribution is 2.33. The maximum Gasteiger partial charge on any atom is 0.411 e. The molecule has 4 heterocycles. The molecule has 176 valence electrons. The molecule has 0 fully saturated rings. The summed E-state index contributed by atoms with van der Waals surface area (Å²) in [5, 5.41) is 14.2. The summed E-state index contributed by atoms with van der Waals surface area (Å²) in [5.41, 5.74) is 9.70. The molecule has 4 N–H and O–H groups in total. The van der Waals surface area contributed by atoms with Gasteiger partial charge in [0, 0.05) is 11.3 Å². The fraction of sp³-hybridized carbons (Fsp3) is 0.125. The number of aliphatic hydroxyl groups excluding tert-OH is 1. The minimum Gasteiger partial charge on any atom is -0.390 e. The summed E-state index contributed by atoms with van der Waals surface area (Å²) in [6.45, 7) is 1.49. The van der Waals surface area contributed by atoms with E-state index < -0.39 is 17.3 Å². The second-order valence-corrected chi connectivity index (χ2v) is 7.98. The number of nitrogens with two attached hydrogens (primary N) is 1. The maximum atomic E-state index is 13.6. The zero-order valence-electron chi connectivity index (χ0n) is 18.5. The molecule has 35 heavy (non-hydrogen) atoms. The summed E-state index contributed by atoms with van der Waals surface area (Å²) < 4.78 is 29.3. The number of aliphatic hydroxyl groups is 1. The van der Waals surface area contributed by atoms with Crippen LogP contribution in [0, 0.1) is 18.6 Å². The van der Waals surface area contributed by atoms with Crippen LogP contribution in [0.3, 0.4) is 0 Å². The second-order valence-electron chi connectivity index (χ2n) is 7.98. The Labute approximate surface area is 197 Å². The highest BCUT2D eigenvalue weighted by molar-refractivity contribution is 5.88. The smallest absolute Gasteiger partial charge is 0.390 e. The van der Waals surface area contributed by atoms with E-state index in [2.05, 4.69) is 20.1 Å². The molecule has 0 aliphatic heterocycles.